The molecule has 0 atom stereocenters. The van der Waals surface area contributed by atoms with Gasteiger partial charge in [-0.15, -0.1) is 0 Å². The van der Waals surface area contributed by atoms with E-state index >= 15 is 0 Å². The molecule has 0 aliphatic carbocycles. The first-order valence-electron chi connectivity index (χ1n) is 6.59. The molecule has 5 heteroatoms. The lowest BCUT2D eigenvalue weighted by Crippen LogP contribution is -2.17. The molecule has 2 rings (SSSR count). The van der Waals surface area contributed by atoms with Crippen LogP contribution in [0.25, 0.3) is 16.1 Å². The number of azide groups is 1. The van der Waals surface area contributed by atoms with Crippen molar-refractivity contribution in [2.24, 2.45) is 5.11 Å². The van der Waals surface area contributed by atoms with E-state index in [1.165, 1.54) is 5.56 Å². The maximum atomic E-state index is 8.43. The molecule has 20 heavy (non-hydrogen) atoms. The second-order valence-electron chi connectivity index (χ2n) is 5.91. The molecule has 0 amide bonds. The van der Waals surface area contributed by atoms with Crippen molar-refractivity contribution < 1.29 is 0 Å². The van der Waals surface area contributed by atoms with Crippen LogP contribution in [0.5, 0.6) is 0 Å². The molecule has 0 spiro atoms. The molecule has 104 valence electrons. The van der Waals surface area contributed by atoms with Crippen LogP contribution < -0.4 is 0 Å². The summed E-state index contributed by atoms with van der Waals surface area (Å²) in [6.07, 6.45) is 0. The second-order valence-corrected chi connectivity index (χ2v) is 5.91. The first kappa shape index (κ1) is 14.2. The Kier molecular flexibility index (Phi) is 3.81. The lowest BCUT2D eigenvalue weighted by molar-refractivity contribution is 0.543. The van der Waals surface area contributed by atoms with Crippen LogP contribution in [0, 0.1) is 6.92 Å². The van der Waals surface area contributed by atoms with Gasteiger partial charge in [0.05, 0.1) is 17.9 Å². The van der Waals surface area contributed by atoms with Crippen molar-refractivity contribution in [1.82, 2.24) is 9.78 Å². The lowest BCUT2D eigenvalue weighted by Gasteiger charge is -2.20. The number of aryl methyl sites for hydroxylation is 1. The van der Waals surface area contributed by atoms with Gasteiger partial charge in [-0.05, 0) is 30.7 Å². The Balaban J connectivity index is 2.52. The zero-order valence-electron chi connectivity index (χ0n) is 12.3. The summed E-state index contributed by atoms with van der Waals surface area (Å²) in [5, 5.41) is 8.16. The van der Waals surface area contributed by atoms with Gasteiger partial charge in [0.25, 0.3) is 0 Å². The molecule has 0 aliphatic rings. The summed E-state index contributed by atoms with van der Waals surface area (Å²) >= 11 is 0. The van der Waals surface area contributed by atoms with E-state index in [2.05, 4.69) is 67.1 Å². The van der Waals surface area contributed by atoms with Crippen molar-refractivity contribution in [1.29, 1.82) is 0 Å². The normalized spacial score (nSPS) is 11.2. The molecule has 2 aromatic rings. The Morgan fingerprint density at radius 1 is 1.25 bits per heavy atom. The molecular weight excluding hydrogens is 250 g/mol. The van der Waals surface area contributed by atoms with Crippen LogP contribution >= 0.6 is 0 Å². The average Bonchev–Trinajstić information content (AvgIpc) is 2.81. The van der Waals surface area contributed by atoms with E-state index in [0.29, 0.717) is 0 Å². The molecule has 0 saturated carbocycles. The summed E-state index contributed by atoms with van der Waals surface area (Å²) in [5.74, 6) is 0. The van der Waals surface area contributed by atoms with Crippen LogP contribution in [0.2, 0.25) is 0 Å². The minimum Gasteiger partial charge on any atom is -0.237 e. The van der Waals surface area contributed by atoms with Crippen molar-refractivity contribution in [3.8, 4) is 5.69 Å². The summed E-state index contributed by atoms with van der Waals surface area (Å²) < 4.78 is 1.93. The summed E-state index contributed by atoms with van der Waals surface area (Å²) in [6, 6.07) is 10.2. The molecule has 0 saturated heterocycles. The van der Waals surface area contributed by atoms with Crippen molar-refractivity contribution in [3.63, 3.8) is 0 Å². The van der Waals surface area contributed by atoms with Crippen molar-refractivity contribution in [3.05, 3.63) is 57.7 Å². The van der Waals surface area contributed by atoms with E-state index in [9.17, 15) is 0 Å². The van der Waals surface area contributed by atoms with Gasteiger partial charge >= 0.3 is 0 Å². The second kappa shape index (κ2) is 5.39. The van der Waals surface area contributed by atoms with Crippen LogP contribution in [0.15, 0.2) is 35.4 Å². The fourth-order valence-electron chi connectivity index (χ4n) is 2.03. The third kappa shape index (κ3) is 3.00. The van der Waals surface area contributed by atoms with Crippen molar-refractivity contribution in [2.75, 3.05) is 0 Å². The minimum absolute atomic E-state index is 0.0352. The average molecular weight is 269 g/mol. The van der Waals surface area contributed by atoms with E-state index in [1.807, 2.05) is 10.7 Å². The molecule has 0 unspecified atom stereocenters. The zero-order valence-corrected chi connectivity index (χ0v) is 12.3. The van der Waals surface area contributed by atoms with Gasteiger partial charge in [0.2, 0.25) is 0 Å². The highest BCUT2D eigenvalue weighted by Crippen LogP contribution is 2.26. The van der Waals surface area contributed by atoms with Crippen LogP contribution in [-0.2, 0) is 12.0 Å². The van der Waals surface area contributed by atoms with Gasteiger partial charge in [0.1, 0.15) is 0 Å². The van der Waals surface area contributed by atoms with Gasteiger partial charge in [-0.2, -0.15) is 5.10 Å². The smallest absolute Gasteiger partial charge is 0.0703 e. The molecule has 5 nitrogen and oxygen atoms in total. The topological polar surface area (TPSA) is 66.6 Å². The van der Waals surface area contributed by atoms with Crippen LogP contribution in [0.4, 0.5) is 0 Å². The predicted molar refractivity (Wildman–Crippen MR) is 79.9 cm³/mol. The fourth-order valence-corrected chi connectivity index (χ4v) is 2.03. The third-order valence-electron chi connectivity index (χ3n) is 3.10. The molecule has 1 heterocycles. The Labute approximate surface area is 118 Å². The van der Waals surface area contributed by atoms with Crippen molar-refractivity contribution in [2.45, 2.75) is 39.7 Å². The number of hydrogen-bond acceptors (Lipinski definition) is 2. The molecule has 0 bridgehead atoms. The van der Waals surface area contributed by atoms with Gasteiger partial charge in [0.15, 0.2) is 0 Å². The quantitative estimate of drug-likeness (QED) is 0.465. The molecule has 1 aromatic heterocycles. The number of nitrogens with zero attached hydrogens (tertiary/aromatic N) is 5. The Morgan fingerprint density at radius 3 is 2.45 bits per heavy atom. The molecule has 0 aliphatic heterocycles. The molecule has 0 radical (unpaired) electrons. The Hall–Kier alpha value is -2.26. The largest absolute Gasteiger partial charge is 0.237 e. The number of hydrogen-bond donors (Lipinski definition) is 0. The highest BCUT2D eigenvalue weighted by Gasteiger charge is 2.21. The van der Waals surface area contributed by atoms with Crippen LogP contribution in [0.3, 0.4) is 0 Å². The van der Waals surface area contributed by atoms with Gasteiger partial charge < -0.3 is 0 Å². The molecular formula is C15H19N5. The van der Waals surface area contributed by atoms with Crippen LogP contribution in [-0.4, -0.2) is 9.78 Å². The summed E-state index contributed by atoms with van der Waals surface area (Å²) in [4.78, 5) is 2.79. The summed E-state index contributed by atoms with van der Waals surface area (Å²) in [6.45, 7) is 8.77. The number of aromatic nitrogens is 2. The van der Waals surface area contributed by atoms with Gasteiger partial charge in [0, 0.05) is 16.0 Å². The SMILES string of the molecule is Cc1ccc(-n2nc(CN=[N+]=[N-])cc2C(C)(C)C)cc1. The monoisotopic (exact) mass is 269 g/mol. The van der Waals surface area contributed by atoms with E-state index in [4.69, 9.17) is 5.53 Å². The summed E-state index contributed by atoms with van der Waals surface area (Å²) in [7, 11) is 0. The zero-order chi connectivity index (χ0) is 14.8. The van der Waals surface area contributed by atoms with E-state index in [-0.39, 0.29) is 12.0 Å². The molecule has 0 N–H and O–H groups in total. The number of benzene rings is 1. The van der Waals surface area contributed by atoms with E-state index < -0.39 is 0 Å². The molecule has 0 fully saturated rings. The number of rotatable bonds is 3. The first-order chi connectivity index (χ1) is 9.41. The lowest BCUT2D eigenvalue weighted by atomic mass is 9.91. The highest BCUT2D eigenvalue weighted by molar-refractivity contribution is 5.37. The fraction of sp³-hybridized carbons (Fsp3) is 0.400. The van der Waals surface area contributed by atoms with Gasteiger partial charge in [-0.1, -0.05) is 43.6 Å². The standard InChI is InChI=1S/C15H19N5/c1-11-5-7-13(8-6-11)20-14(15(2,3)4)9-12(18-20)10-17-19-16/h5-9H,10H2,1-4H3. The van der Waals surface area contributed by atoms with Gasteiger partial charge in [-0.3, -0.25) is 0 Å². The third-order valence-corrected chi connectivity index (χ3v) is 3.10. The van der Waals surface area contributed by atoms with Crippen molar-refractivity contribution >= 4 is 0 Å². The maximum absolute atomic E-state index is 8.43. The first-order valence-corrected chi connectivity index (χ1v) is 6.59. The highest BCUT2D eigenvalue weighted by atomic mass is 15.3. The van der Waals surface area contributed by atoms with Crippen LogP contribution in [0.1, 0.15) is 37.7 Å². The Bertz CT molecular complexity index is 640. The Morgan fingerprint density at radius 2 is 1.90 bits per heavy atom. The maximum Gasteiger partial charge on any atom is 0.0703 e. The minimum atomic E-state index is -0.0352. The van der Waals surface area contributed by atoms with Gasteiger partial charge in [-0.25, -0.2) is 4.68 Å². The predicted octanol–water partition coefficient (Wildman–Crippen LogP) is 4.29. The van der Waals surface area contributed by atoms with E-state index in [1.54, 1.807) is 0 Å². The molecule has 1 aromatic carbocycles. The summed E-state index contributed by atoms with van der Waals surface area (Å²) in [5.41, 5.74) is 12.5. The van der Waals surface area contributed by atoms with E-state index in [0.717, 1.165) is 17.1 Å².